The first kappa shape index (κ1) is 40.1. The summed E-state index contributed by atoms with van der Waals surface area (Å²) in [5, 5.41) is 0. The van der Waals surface area contributed by atoms with Crippen LogP contribution < -0.4 is 9.80 Å². The number of fused-ring (bicyclic) bond motifs is 6. The van der Waals surface area contributed by atoms with E-state index < -0.39 is 10.0 Å². The van der Waals surface area contributed by atoms with Crippen LogP contribution >= 0.6 is 20.5 Å². The Morgan fingerprint density at radius 1 is 0.500 bits per heavy atom. The Kier molecular flexibility index (Phi) is 9.84. The van der Waals surface area contributed by atoms with Crippen molar-refractivity contribution in [2.24, 2.45) is 0 Å². The molecule has 0 fully saturated rings. The molecule has 0 aliphatic heterocycles. The Morgan fingerprint density at radius 2 is 0.883 bits per heavy atom. The lowest BCUT2D eigenvalue weighted by Gasteiger charge is -2.32. The minimum absolute atomic E-state index is 0.0407. The van der Waals surface area contributed by atoms with E-state index in [1.165, 1.54) is 93.9 Å². The Hall–Kier alpha value is -5.29. The Bertz CT molecular complexity index is 2800. The summed E-state index contributed by atoms with van der Waals surface area (Å²) >= 11 is 0. The first-order valence-electron chi connectivity index (χ1n) is 21.2. The second-order valence-electron chi connectivity index (χ2n) is 18.4. The normalized spacial score (nSPS) is 15.1. The van der Waals surface area contributed by atoms with Crippen molar-refractivity contribution in [3.8, 4) is 22.3 Å². The van der Waals surface area contributed by atoms with Gasteiger partial charge in [0, 0.05) is 49.8 Å². The molecule has 304 valence electrons. The highest BCUT2D eigenvalue weighted by atomic mass is 32.3. The van der Waals surface area contributed by atoms with Crippen molar-refractivity contribution >= 4 is 60.5 Å². The number of hydrogen-bond donors (Lipinski definition) is 0. The third kappa shape index (κ3) is 6.46. The molecule has 4 heteroatoms. The minimum atomic E-state index is -0.820. The van der Waals surface area contributed by atoms with Crippen molar-refractivity contribution in [1.29, 1.82) is 0 Å². The van der Waals surface area contributed by atoms with Gasteiger partial charge in [-0.2, -0.15) is 10.5 Å². The number of rotatable bonds is 9. The summed E-state index contributed by atoms with van der Waals surface area (Å²) in [6, 6.07) is 54.9. The van der Waals surface area contributed by atoms with E-state index in [1.54, 1.807) is 0 Å². The highest BCUT2D eigenvalue weighted by molar-refractivity contribution is 8.32. The monoisotopic (exact) mass is 822 g/mol. The van der Waals surface area contributed by atoms with Crippen LogP contribution in [0.1, 0.15) is 68.0 Å². The van der Waals surface area contributed by atoms with Crippen molar-refractivity contribution in [1.82, 2.24) is 0 Å². The van der Waals surface area contributed by atoms with E-state index in [-0.39, 0.29) is 21.3 Å². The SMILES string of the molecule is C=[S@@](C)c1ccc(N(c2ccccc2)c2cc(C)c3c(c2)C(C)(C)c2cc4c(cc2-3)C(C)(C)c2cc(N(c3ccccc3)c3ccc(S(C)(C)CC)cc3)cc(C)c2-4)cc1. The van der Waals surface area contributed by atoms with E-state index in [1.807, 2.05) is 0 Å². The van der Waals surface area contributed by atoms with Gasteiger partial charge in [-0.3, -0.25) is 0 Å². The van der Waals surface area contributed by atoms with E-state index in [9.17, 15) is 0 Å². The van der Waals surface area contributed by atoms with Crippen molar-refractivity contribution in [2.45, 2.75) is 69.1 Å². The summed E-state index contributed by atoms with van der Waals surface area (Å²) in [6.07, 6.45) is 7.01. The molecule has 0 radical (unpaired) electrons. The zero-order valence-electron chi connectivity index (χ0n) is 37.0. The largest absolute Gasteiger partial charge is 0.310 e. The molecule has 2 aliphatic rings. The maximum absolute atomic E-state index is 4.29. The lowest BCUT2D eigenvalue weighted by Crippen LogP contribution is -2.18. The van der Waals surface area contributed by atoms with Crippen LogP contribution in [0.2, 0.25) is 0 Å². The van der Waals surface area contributed by atoms with Crippen molar-refractivity contribution in [2.75, 3.05) is 34.3 Å². The zero-order valence-corrected chi connectivity index (χ0v) is 38.6. The van der Waals surface area contributed by atoms with Gasteiger partial charge in [0.2, 0.25) is 0 Å². The molecule has 0 bridgehead atoms. The molecule has 1 atom stereocenters. The Balaban J connectivity index is 1.15. The first-order chi connectivity index (χ1) is 28.6. The fourth-order valence-corrected chi connectivity index (χ4v) is 11.6. The number of aryl methyl sites for hydroxylation is 2. The average molecular weight is 823 g/mol. The fourth-order valence-electron chi connectivity index (χ4n) is 9.84. The van der Waals surface area contributed by atoms with E-state index in [0.29, 0.717) is 0 Å². The van der Waals surface area contributed by atoms with Crippen LogP contribution in [-0.4, -0.2) is 30.4 Å². The molecule has 0 N–H and O–H groups in total. The van der Waals surface area contributed by atoms with Gasteiger partial charge in [0.05, 0.1) is 0 Å². The maximum Gasteiger partial charge on any atom is 0.0467 e. The average Bonchev–Trinajstić information content (AvgIpc) is 3.60. The van der Waals surface area contributed by atoms with E-state index in [4.69, 9.17) is 0 Å². The molecule has 2 aliphatic carbocycles. The summed E-state index contributed by atoms with van der Waals surface area (Å²) in [5.41, 5.74) is 20.4. The molecular weight excluding hydrogens is 765 g/mol. The number of hydrogen-bond acceptors (Lipinski definition) is 2. The fraction of sp³-hybridized carbons (Fsp3) is 0.232. The molecule has 2 nitrogen and oxygen atoms in total. The molecule has 0 amide bonds. The zero-order chi connectivity index (χ0) is 42.3. The third-order valence-electron chi connectivity index (χ3n) is 13.5. The summed E-state index contributed by atoms with van der Waals surface area (Å²) in [4.78, 5) is 7.58. The van der Waals surface area contributed by atoms with Crippen LogP contribution in [0.15, 0.2) is 155 Å². The van der Waals surface area contributed by atoms with Gasteiger partial charge in [0.15, 0.2) is 0 Å². The second kappa shape index (κ2) is 14.7. The molecule has 7 aromatic carbocycles. The number of benzene rings is 7. The van der Waals surface area contributed by atoms with E-state index in [0.717, 1.165) is 11.4 Å². The topological polar surface area (TPSA) is 6.48 Å². The van der Waals surface area contributed by atoms with Crippen LogP contribution in [0.3, 0.4) is 0 Å². The molecule has 0 spiro atoms. The quantitative estimate of drug-likeness (QED) is 0.134. The second-order valence-corrected chi connectivity index (χ2v) is 24.2. The van der Waals surface area contributed by atoms with Gasteiger partial charge < -0.3 is 9.80 Å². The van der Waals surface area contributed by atoms with Crippen LogP contribution in [-0.2, 0) is 10.8 Å². The maximum atomic E-state index is 4.29. The molecule has 0 heterocycles. The van der Waals surface area contributed by atoms with E-state index in [2.05, 4.69) is 228 Å². The van der Waals surface area contributed by atoms with Crippen LogP contribution in [0.4, 0.5) is 34.1 Å². The van der Waals surface area contributed by atoms with E-state index >= 15 is 0 Å². The lowest BCUT2D eigenvalue weighted by atomic mass is 9.79. The predicted octanol–water partition coefficient (Wildman–Crippen LogP) is 16.0. The number of nitrogens with zero attached hydrogens (tertiary/aromatic N) is 2. The number of anilines is 6. The van der Waals surface area contributed by atoms with Gasteiger partial charge in [-0.25, -0.2) is 10.0 Å². The third-order valence-corrected chi connectivity index (χ3v) is 17.6. The number of para-hydroxylation sites is 2. The summed E-state index contributed by atoms with van der Waals surface area (Å²) in [6.45, 7) is 16.7. The van der Waals surface area contributed by atoms with Gasteiger partial charge >= 0.3 is 0 Å². The lowest BCUT2D eigenvalue weighted by molar-refractivity contribution is 0.652. The van der Waals surface area contributed by atoms with Crippen LogP contribution in [0.25, 0.3) is 22.3 Å². The summed E-state index contributed by atoms with van der Waals surface area (Å²) in [7, 11) is -0.861. The molecule has 0 aromatic heterocycles. The molecule has 9 rings (SSSR count). The van der Waals surface area contributed by atoms with Crippen LogP contribution in [0.5, 0.6) is 0 Å². The standard InChI is InChI=1S/C56H58N2S2/c1-12-60(10,11)46-29-25-42(26-30-46)58(40-21-17-14-18-22-40)44-32-38(3)54-48-36-49-47(35-50(48)56(6,7)52(54)34-44)53-37(2)31-43(33-51(53)55(49,4)5)57(39-19-15-13-16-20-39)41-23-27-45(28-24-41)59(8)9/h13-36H,8,12H2,1-7,9-11H3/t59-/m0/s1. The highest BCUT2D eigenvalue weighted by Gasteiger charge is 2.43. The molecule has 0 unspecified atom stereocenters. The molecule has 0 saturated carbocycles. The van der Waals surface area contributed by atoms with Crippen molar-refractivity contribution in [3.05, 3.63) is 179 Å². The highest BCUT2D eigenvalue weighted by Crippen LogP contribution is 2.59. The van der Waals surface area contributed by atoms with Gasteiger partial charge in [-0.05, 0) is 208 Å². The first-order valence-corrected chi connectivity index (χ1v) is 25.6. The minimum Gasteiger partial charge on any atom is -0.310 e. The molecular formula is C56H58N2S2. The predicted molar refractivity (Wildman–Crippen MR) is 268 cm³/mol. The van der Waals surface area contributed by atoms with Gasteiger partial charge in [-0.15, -0.1) is 0 Å². The molecule has 60 heavy (non-hydrogen) atoms. The van der Waals surface area contributed by atoms with Gasteiger partial charge in [0.25, 0.3) is 0 Å². The Labute approximate surface area is 363 Å². The Morgan fingerprint density at radius 3 is 1.27 bits per heavy atom. The van der Waals surface area contributed by atoms with Gasteiger partial charge in [-0.1, -0.05) is 76.9 Å². The van der Waals surface area contributed by atoms with Crippen LogP contribution in [0, 0.1) is 13.8 Å². The smallest absolute Gasteiger partial charge is 0.0467 e. The van der Waals surface area contributed by atoms with Crippen molar-refractivity contribution in [3.63, 3.8) is 0 Å². The summed E-state index contributed by atoms with van der Waals surface area (Å²) < 4.78 is 0. The van der Waals surface area contributed by atoms with Crippen molar-refractivity contribution < 1.29 is 0 Å². The van der Waals surface area contributed by atoms with Gasteiger partial charge in [0.1, 0.15) is 0 Å². The molecule has 7 aromatic rings. The summed E-state index contributed by atoms with van der Waals surface area (Å²) in [5.74, 6) is 5.47. The molecule has 0 saturated heterocycles.